The van der Waals surface area contributed by atoms with Crippen LogP contribution in [0, 0.1) is 27.7 Å². The minimum Gasteiger partial charge on any atom is -0.496 e. The predicted molar refractivity (Wildman–Crippen MR) is 81.8 cm³/mol. The van der Waals surface area contributed by atoms with E-state index in [0.717, 1.165) is 22.3 Å². The van der Waals surface area contributed by atoms with Gasteiger partial charge >= 0.3 is 0 Å². The van der Waals surface area contributed by atoms with Gasteiger partial charge < -0.3 is 4.74 Å². The number of rotatable bonds is 3. The molecule has 2 rings (SSSR count). The van der Waals surface area contributed by atoms with Crippen molar-refractivity contribution in [2.45, 2.75) is 27.7 Å². The largest absolute Gasteiger partial charge is 0.496 e. The van der Waals surface area contributed by atoms with Gasteiger partial charge in [-0.15, -0.1) is 0 Å². The van der Waals surface area contributed by atoms with Crippen molar-refractivity contribution in [3.8, 4) is 5.75 Å². The van der Waals surface area contributed by atoms with Crippen molar-refractivity contribution in [2.75, 3.05) is 7.11 Å². The van der Waals surface area contributed by atoms with Gasteiger partial charge in [0.25, 0.3) is 0 Å². The Kier molecular flexibility index (Phi) is 3.93. The highest BCUT2D eigenvalue weighted by Crippen LogP contribution is 2.28. The fourth-order valence-corrected chi connectivity index (χ4v) is 2.49. The second-order valence-electron chi connectivity index (χ2n) is 5.29. The second kappa shape index (κ2) is 5.49. The smallest absolute Gasteiger partial charge is 0.196 e. The summed E-state index contributed by atoms with van der Waals surface area (Å²) in [4.78, 5) is 12.7. The quantitative estimate of drug-likeness (QED) is 0.781. The summed E-state index contributed by atoms with van der Waals surface area (Å²) in [5.41, 5.74) is 5.67. The Balaban J connectivity index is 2.56. The molecule has 0 aliphatic rings. The van der Waals surface area contributed by atoms with Gasteiger partial charge in [0.2, 0.25) is 0 Å². The molecule has 0 saturated heterocycles. The molecule has 0 atom stereocenters. The minimum atomic E-state index is 0.0109. The molecule has 0 amide bonds. The van der Waals surface area contributed by atoms with Gasteiger partial charge in [-0.3, -0.25) is 4.79 Å². The Morgan fingerprint density at radius 2 is 1.55 bits per heavy atom. The standard InChI is InChI=1S/C18H20O2/c1-11-8-12(2)10-15(9-11)17(19)16-7-6-13(3)14(4)18(16)20-5/h6-10H,1-5H3. The fourth-order valence-electron chi connectivity index (χ4n) is 2.49. The summed E-state index contributed by atoms with van der Waals surface area (Å²) in [6, 6.07) is 9.72. The maximum Gasteiger partial charge on any atom is 0.196 e. The van der Waals surface area contributed by atoms with Crippen molar-refractivity contribution in [1.29, 1.82) is 0 Å². The van der Waals surface area contributed by atoms with Gasteiger partial charge in [-0.05, 0) is 57.0 Å². The van der Waals surface area contributed by atoms with Crippen LogP contribution in [0.25, 0.3) is 0 Å². The van der Waals surface area contributed by atoms with E-state index in [2.05, 4.69) is 6.07 Å². The zero-order chi connectivity index (χ0) is 14.9. The molecule has 0 aliphatic carbocycles. The Labute approximate surface area is 120 Å². The molecule has 0 fully saturated rings. The molecule has 0 heterocycles. The van der Waals surface area contributed by atoms with Crippen LogP contribution in [-0.2, 0) is 0 Å². The summed E-state index contributed by atoms with van der Waals surface area (Å²) in [7, 11) is 1.61. The molecule has 2 heteroatoms. The lowest BCUT2D eigenvalue weighted by atomic mass is 9.96. The Bertz CT molecular complexity index is 649. The van der Waals surface area contributed by atoms with Gasteiger partial charge in [0.05, 0.1) is 12.7 Å². The monoisotopic (exact) mass is 268 g/mol. The molecule has 2 aromatic carbocycles. The zero-order valence-corrected chi connectivity index (χ0v) is 12.7. The SMILES string of the molecule is COc1c(C(=O)c2cc(C)cc(C)c2)ccc(C)c1C. The summed E-state index contributed by atoms with van der Waals surface area (Å²) in [5.74, 6) is 0.686. The molecule has 0 bridgehead atoms. The highest BCUT2D eigenvalue weighted by atomic mass is 16.5. The molecule has 2 aromatic rings. The lowest BCUT2D eigenvalue weighted by Gasteiger charge is -2.13. The van der Waals surface area contributed by atoms with Crippen LogP contribution in [-0.4, -0.2) is 12.9 Å². The molecule has 0 N–H and O–H groups in total. The van der Waals surface area contributed by atoms with E-state index in [9.17, 15) is 4.79 Å². The van der Waals surface area contributed by atoms with E-state index in [1.165, 1.54) is 0 Å². The number of aryl methyl sites for hydroxylation is 3. The first-order valence-electron chi connectivity index (χ1n) is 6.71. The number of ether oxygens (including phenoxy) is 1. The van der Waals surface area contributed by atoms with E-state index in [1.807, 2.05) is 52.0 Å². The van der Waals surface area contributed by atoms with Crippen LogP contribution in [0.2, 0.25) is 0 Å². The first kappa shape index (κ1) is 14.3. The van der Waals surface area contributed by atoms with Crippen LogP contribution in [0.4, 0.5) is 0 Å². The molecular formula is C18H20O2. The van der Waals surface area contributed by atoms with Crippen molar-refractivity contribution < 1.29 is 9.53 Å². The number of ketones is 1. The molecule has 0 radical (unpaired) electrons. The van der Waals surface area contributed by atoms with Crippen LogP contribution in [0.3, 0.4) is 0 Å². The zero-order valence-electron chi connectivity index (χ0n) is 12.7. The summed E-state index contributed by atoms with van der Waals surface area (Å²) in [5, 5.41) is 0. The van der Waals surface area contributed by atoms with Crippen molar-refractivity contribution >= 4 is 5.78 Å². The molecule has 0 spiro atoms. The highest BCUT2D eigenvalue weighted by molar-refractivity contribution is 6.11. The van der Waals surface area contributed by atoms with Gasteiger partial charge in [0.1, 0.15) is 5.75 Å². The van der Waals surface area contributed by atoms with E-state index in [-0.39, 0.29) is 5.78 Å². The second-order valence-corrected chi connectivity index (χ2v) is 5.29. The first-order valence-corrected chi connectivity index (χ1v) is 6.71. The average Bonchev–Trinajstić information content (AvgIpc) is 2.39. The molecule has 0 aliphatic heterocycles. The van der Waals surface area contributed by atoms with Gasteiger partial charge in [0.15, 0.2) is 5.78 Å². The number of carbonyl (C=O) groups is 1. The molecule has 0 saturated carbocycles. The Hall–Kier alpha value is -2.09. The van der Waals surface area contributed by atoms with Crippen LogP contribution >= 0.6 is 0 Å². The third-order valence-electron chi connectivity index (χ3n) is 3.61. The van der Waals surface area contributed by atoms with Crippen molar-refractivity contribution in [1.82, 2.24) is 0 Å². The third-order valence-corrected chi connectivity index (χ3v) is 3.61. The van der Waals surface area contributed by atoms with Gasteiger partial charge in [0, 0.05) is 5.56 Å². The van der Waals surface area contributed by atoms with Gasteiger partial charge in [-0.1, -0.05) is 23.3 Å². The van der Waals surface area contributed by atoms with Crippen molar-refractivity contribution in [3.63, 3.8) is 0 Å². The molecular weight excluding hydrogens is 248 g/mol. The van der Waals surface area contributed by atoms with E-state index >= 15 is 0 Å². The molecule has 2 nitrogen and oxygen atoms in total. The summed E-state index contributed by atoms with van der Waals surface area (Å²) < 4.78 is 5.44. The third kappa shape index (κ3) is 2.60. The molecule has 20 heavy (non-hydrogen) atoms. The lowest BCUT2D eigenvalue weighted by molar-refractivity contribution is 0.103. The number of hydrogen-bond donors (Lipinski definition) is 0. The summed E-state index contributed by atoms with van der Waals surface area (Å²) >= 11 is 0. The Morgan fingerprint density at radius 1 is 0.950 bits per heavy atom. The predicted octanol–water partition coefficient (Wildman–Crippen LogP) is 4.16. The van der Waals surface area contributed by atoms with E-state index in [0.29, 0.717) is 16.9 Å². The minimum absolute atomic E-state index is 0.0109. The van der Waals surface area contributed by atoms with E-state index in [1.54, 1.807) is 7.11 Å². The maximum absolute atomic E-state index is 12.7. The van der Waals surface area contributed by atoms with Crippen LogP contribution < -0.4 is 4.74 Å². The highest BCUT2D eigenvalue weighted by Gasteiger charge is 2.17. The van der Waals surface area contributed by atoms with Gasteiger partial charge in [-0.25, -0.2) is 0 Å². The number of benzene rings is 2. The topological polar surface area (TPSA) is 26.3 Å². The van der Waals surface area contributed by atoms with E-state index in [4.69, 9.17) is 4.74 Å². The molecule has 104 valence electrons. The van der Waals surface area contributed by atoms with Crippen molar-refractivity contribution in [2.24, 2.45) is 0 Å². The van der Waals surface area contributed by atoms with Crippen LogP contribution in [0.1, 0.15) is 38.2 Å². The number of hydrogen-bond acceptors (Lipinski definition) is 2. The fraction of sp³-hybridized carbons (Fsp3) is 0.278. The maximum atomic E-state index is 12.7. The first-order chi connectivity index (χ1) is 9.43. The van der Waals surface area contributed by atoms with Gasteiger partial charge in [-0.2, -0.15) is 0 Å². The Morgan fingerprint density at radius 3 is 2.10 bits per heavy atom. The van der Waals surface area contributed by atoms with Crippen LogP contribution in [0.15, 0.2) is 30.3 Å². The summed E-state index contributed by atoms with van der Waals surface area (Å²) in [6.07, 6.45) is 0. The molecule has 0 aromatic heterocycles. The average molecular weight is 268 g/mol. The summed E-state index contributed by atoms with van der Waals surface area (Å²) in [6.45, 7) is 8.00. The number of methoxy groups -OCH3 is 1. The number of carbonyl (C=O) groups excluding carboxylic acids is 1. The van der Waals surface area contributed by atoms with E-state index < -0.39 is 0 Å². The lowest BCUT2D eigenvalue weighted by Crippen LogP contribution is -2.06. The molecule has 0 unspecified atom stereocenters. The van der Waals surface area contributed by atoms with Crippen LogP contribution in [0.5, 0.6) is 5.75 Å². The van der Waals surface area contributed by atoms with Crippen molar-refractivity contribution in [3.05, 3.63) is 63.7 Å². The normalized spacial score (nSPS) is 10.4.